The first kappa shape index (κ1) is 18.7. The van der Waals surface area contributed by atoms with Crippen molar-refractivity contribution >= 4 is 23.7 Å². The van der Waals surface area contributed by atoms with Gasteiger partial charge >= 0.3 is 0 Å². The number of rotatable bonds is 8. The Morgan fingerprint density at radius 1 is 1.26 bits per heavy atom. The van der Waals surface area contributed by atoms with Crippen molar-refractivity contribution in [3.63, 3.8) is 0 Å². The van der Waals surface area contributed by atoms with Crippen molar-refractivity contribution in [3.05, 3.63) is 29.3 Å². The van der Waals surface area contributed by atoms with E-state index in [1.54, 1.807) is 0 Å². The topological polar surface area (TPSA) is 79.8 Å². The second-order valence-electron chi connectivity index (χ2n) is 5.40. The molecule has 0 aliphatic carbocycles. The van der Waals surface area contributed by atoms with Gasteiger partial charge in [0.1, 0.15) is 6.21 Å². The van der Waals surface area contributed by atoms with Gasteiger partial charge in [-0.15, -0.1) is 0 Å². The average molecular weight is 319 g/mol. The van der Waals surface area contributed by atoms with Gasteiger partial charge in [0.25, 0.3) is 11.8 Å². The van der Waals surface area contributed by atoms with Crippen molar-refractivity contribution in [3.8, 4) is 0 Å². The fourth-order valence-corrected chi connectivity index (χ4v) is 2.06. The van der Waals surface area contributed by atoms with E-state index in [1.165, 1.54) is 0 Å². The maximum Gasteiger partial charge on any atom is 0.270 e. The first-order valence-electron chi connectivity index (χ1n) is 7.79. The molecule has 0 fully saturated rings. The molecule has 6 nitrogen and oxygen atoms in total. The van der Waals surface area contributed by atoms with Crippen LogP contribution in [0.3, 0.4) is 0 Å². The van der Waals surface area contributed by atoms with Crippen molar-refractivity contribution in [2.24, 2.45) is 5.16 Å². The Morgan fingerprint density at radius 3 is 2.57 bits per heavy atom. The van der Waals surface area contributed by atoms with Crippen LogP contribution in [0.15, 0.2) is 23.4 Å². The highest BCUT2D eigenvalue weighted by atomic mass is 16.6. The molecule has 0 atom stereocenters. The van der Waals surface area contributed by atoms with Gasteiger partial charge in [-0.25, -0.2) is 0 Å². The zero-order valence-corrected chi connectivity index (χ0v) is 14.2. The largest absolute Gasteiger partial charge is 0.386 e. The van der Waals surface area contributed by atoms with E-state index in [9.17, 15) is 9.59 Å². The van der Waals surface area contributed by atoms with Crippen molar-refractivity contribution in [1.82, 2.24) is 5.32 Å². The van der Waals surface area contributed by atoms with Crippen LogP contribution < -0.4 is 10.6 Å². The lowest BCUT2D eigenvalue weighted by atomic mass is 10.1. The summed E-state index contributed by atoms with van der Waals surface area (Å²) in [4.78, 5) is 28.1. The summed E-state index contributed by atoms with van der Waals surface area (Å²) in [5, 5.41) is 9.04. The summed E-state index contributed by atoms with van der Waals surface area (Å²) in [7, 11) is 0. The van der Waals surface area contributed by atoms with Gasteiger partial charge in [-0.2, -0.15) is 0 Å². The molecule has 0 saturated carbocycles. The van der Waals surface area contributed by atoms with Crippen molar-refractivity contribution in [1.29, 1.82) is 0 Å². The summed E-state index contributed by atoms with van der Waals surface area (Å²) in [6, 6.07) is 5.87. The molecule has 0 aliphatic heterocycles. The van der Waals surface area contributed by atoms with Crippen LogP contribution in [-0.2, 0) is 14.4 Å². The first-order chi connectivity index (χ1) is 11.0. The second-order valence-corrected chi connectivity index (χ2v) is 5.40. The van der Waals surface area contributed by atoms with Gasteiger partial charge < -0.3 is 15.5 Å². The molecule has 23 heavy (non-hydrogen) atoms. The third-order valence-corrected chi connectivity index (χ3v) is 3.43. The number of oxime groups is 1. The molecule has 1 aromatic rings. The van der Waals surface area contributed by atoms with Crippen molar-refractivity contribution in [2.75, 3.05) is 11.9 Å². The van der Waals surface area contributed by atoms with Crippen molar-refractivity contribution in [2.45, 2.75) is 46.6 Å². The molecule has 1 rings (SSSR count). The molecule has 0 spiro atoms. The minimum atomic E-state index is -0.405. The molecule has 126 valence electrons. The molecule has 2 amide bonds. The summed E-state index contributed by atoms with van der Waals surface area (Å²) in [5.41, 5.74) is 2.82. The van der Waals surface area contributed by atoms with Crippen LogP contribution in [0, 0.1) is 13.8 Å². The van der Waals surface area contributed by atoms with E-state index in [4.69, 9.17) is 4.84 Å². The van der Waals surface area contributed by atoms with Gasteiger partial charge in [0.2, 0.25) is 0 Å². The number of aryl methyl sites for hydroxylation is 2. The highest BCUT2D eigenvalue weighted by Gasteiger charge is 2.08. The maximum atomic E-state index is 11.7. The summed E-state index contributed by atoms with van der Waals surface area (Å²) in [6.45, 7) is 7.71. The molecule has 6 heteroatoms. The third-order valence-electron chi connectivity index (χ3n) is 3.43. The molecule has 0 aromatic heterocycles. The minimum Gasteiger partial charge on any atom is -0.386 e. The van der Waals surface area contributed by atoms with Gasteiger partial charge in [-0.3, -0.25) is 9.59 Å². The van der Waals surface area contributed by atoms with Crippen LogP contribution >= 0.6 is 0 Å². The SMILES string of the molecule is CCC(CC)NC(=O)CO/N=C\C(=O)Nc1ccc(C)cc1C. The van der Waals surface area contributed by atoms with E-state index >= 15 is 0 Å². The smallest absolute Gasteiger partial charge is 0.270 e. The van der Waals surface area contributed by atoms with Crippen LogP contribution in [0.1, 0.15) is 37.8 Å². The predicted octanol–water partition coefficient (Wildman–Crippen LogP) is 2.55. The lowest BCUT2D eigenvalue weighted by Crippen LogP contribution is -2.36. The van der Waals surface area contributed by atoms with Crippen LogP contribution in [0.4, 0.5) is 5.69 Å². The number of hydrogen-bond acceptors (Lipinski definition) is 4. The van der Waals surface area contributed by atoms with E-state index < -0.39 is 5.91 Å². The minimum absolute atomic E-state index is 0.142. The Balaban J connectivity index is 2.37. The van der Waals surface area contributed by atoms with E-state index in [0.717, 1.165) is 35.9 Å². The molecular formula is C17H25N3O3. The quantitative estimate of drug-likeness (QED) is 0.571. The number of amides is 2. The molecule has 0 heterocycles. The Hall–Kier alpha value is -2.37. The monoisotopic (exact) mass is 319 g/mol. The van der Waals surface area contributed by atoms with E-state index in [1.807, 2.05) is 45.9 Å². The van der Waals surface area contributed by atoms with Crippen LogP contribution in [0.25, 0.3) is 0 Å². The molecule has 1 aromatic carbocycles. The van der Waals surface area contributed by atoms with Gasteiger partial charge in [0, 0.05) is 11.7 Å². The fourth-order valence-electron chi connectivity index (χ4n) is 2.06. The number of anilines is 1. The van der Waals surface area contributed by atoms with E-state index in [0.29, 0.717) is 0 Å². The average Bonchev–Trinajstić information content (AvgIpc) is 2.52. The Bertz CT molecular complexity index is 566. The number of nitrogens with one attached hydrogen (secondary N) is 2. The zero-order valence-electron chi connectivity index (χ0n) is 14.2. The molecule has 2 N–H and O–H groups in total. The van der Waals surface area contributed by atoms with Crippen LogP contribution in [0.2, 0.25) is 0 Å². The molecule has 0 aliphatic rings. The van der Waals surface area contributed by atoms with Gasteiger partial charge in [-0.1, -0.05) is 36.7 Å². The normalized spacial score (nSPS) is 10.8. The molecule has 0 saturated heterocycles. The predicted molar refractivity (Wildman–Crippen MR) is 91.5 cm³/mol. The third kappa shape index (κ3) is 6.95. The first-order valence-corrected chi connectivity index (χ1v) is 7.79. The molecule has 0 radical (unpaired) electrons. The summed E-state index contributed by atoms with van der Waals surface area (Å²) >= 11 is 0. The molecule has 0 unspecified atom stereocenters. The number of benzene rings is 1. The maximum absolute atomic E-state index is 11.7. The Labute approximate surface area is 137 Å². The summed E-state index contributed by atoms with van der Waals surface area (Å²) in [6.07, 6.45) is 2.75. The number of nitrogens with zero attached hydrogens (tertiary/aromatic N) is 1. The van der Waals surface area contributed by atoms with E-state index in [2.05, 4.69) is 15.8 Å². The summed E-state index contributed by atoms with van der Waals surface area (Å²) < 4.78 is 0. The molecular weight excluding hydrogens is 294 g/mol. The van der Waals surface area contributed by atoms with Crippen LogP contribution in [0.5, 0.6) is 0 Å². The summed E-state index contributed by atoms with van der Waals surface area (Å²) in [5.74, 6) is -0.650. The standard InChI is InChI=1S/C17H25N3O3/c1-5-14(6-2)19-17(22)11-23-18-10-16(21)20-15-8-7-12(3)9-13(15)4/h7-10,14H,5-6,11H2,1-4H3,(H,19,22)(H,20,21)/b18-10-. The van der Waals surface area contributed by atoms with E-state index in [-0.39, 0.29) is 18.6 Å². The Kier molecular flexibility index (Phi) is 7.80. The fraction of sp³-hybridized carbons (Fsp3) is 0.471. The van der Waals surface area contributed by atoms with Crippen LogP contribution in [-0.4, -0.2) is 30.7 Å². The Morgan fingerprint density at radius 2 is 1.96 bits per heavy atom. The number of carbonyl (C=O) groups is 2. The second kappa shape index (κ2) is 9.61. The van der Waals surface area contributed by atoms with Gasteiger partial charge in [-0.05, 0) is 38.3 Å². The number of carbonyl (C=O) groups excluding carboxylic acids is 2. The lowest BCUT2D eigenvalue weighted by molar-refractivity contribution is -0.126. The van der Waals surface area contributed by atoms with Crippen molar-refractivity contribution < 1.29 is 14.4 Å². The van der Waals surface area contributed by atoms with Gasteiger partial charge in [0.05, 0.1) is 0 Å². The lowest BCUT2D eigenvalue weighted by Gasteiger charge is -2.13. The number of hydrogen-bond donors (Lipinski definition) is 2. The molecule has 0 bridgehead atoms. The highest BCUT2D eigenvalue weighted by molar-refractivity contribution is 6.31. The zero-order chi connectivity index (χ0) is 17.2. The van der Waals surface area contributed by atoms with Gasteiger partial charge in [0.15, 0.2) is 6.61 Å². The highest BCUT2D eigenvalue weighted by Crippen LogP contribution is 2.15.